The molecule has 0 aliphatic carbocycles. The lowest BCUT2D eigenvalue weighted by molar-refractivity contribution is 0.449. The smallest absolute Gasteiger partial charge is 0.0408 e. The molecule has 1 nitrogen and oxygen atoms in total. The summed E-state index contributed by atoms with van der Waals surface area (Å²) < 4.78 is 1.11. The summed E-state index contributed by atoms with van der Waals surface area (Å²) in [6, 6.07) is 17.5. The predicted molar refractivity (Wildman–Crippen MR) is 106 cm³/mol. The van der Waals surface area contributed by atoms with Crippen molar-refractivity contribution in [1.29, 1.82) is 0 Å². The number of anilines is 2. The van der Waals surface area contributed by atoms with Crippen LogP contribution in [0, 0.1) is 5.92 Å². The van der Waals surface area contributed by atoms with Crippen molar-refractivity contribution >= 4 is 27.3 Å². The molecule has 2 aromatic carbocycles. The molecule has 0 fully saturated rings. The van der Waals surface area contributed by atoms with Crippen molar-refractivity contribution in [3.05, 3.63) is 58.6 Å². The molecule has 2 heteroatoms. The standard InChI is InChI=1S/C21H28BrN/c1-4-6-7-17(5-2)16-18-8-12-20(13-9-18)23(3)21-14-10-19(22)11-15-21/h8-15,17H,4-7,16H2,1-3H3. The van der Waals surface area contributed by atoms with Gasteiger partial charge in [0.05, 0.1) is 0 Å². The first-order valence-electron chi connectivity index (χ1n) is 8.72. The van der Waals surface area contributed by atoms with Crippen molar-refractivity contribution in [3.8, 4) is 0 Å². The Kier molecular flexibility index (Phi) is 7.16. The van der Waals surface area contributed by atoms with Gasteiger partial charge in [0.2, 0.25) is 0 Å². The minimum atomic E-state index is 0.824. The van der Waals surface area contributed by atoms with Crippen molar-refractivity contribution in [2.45, 2.75) is 46.0 Å². The van der Waals surface area contributed by atoms with Crippen LogP contribution >= 0.6 is 15.9 Å². The Morgan fingerprint density at radius 1 is 0.913 bits per heavy atom. The molecule has 2 rings (SSSR count). The minimum Gasteiger partial charge on any atom is -0.345 e. The number of unbranched alkanes of at least 4 members (excludes halogenated alkanes) is 1. The van der Waals surface area contributed by atoms with Gasteiger partial charge in [-0.1, -0.05) is 67.6 Å². The van der Waals surface area contributed by atoms with Crippen LogP contribution < -0.4 is 4.90 Å². The van der Waals surface area contributed by atoms with Crippen LogP contribution in [-0.4, -0.2) is 7.05 Å². The monoisotopic (exact) mass is 373 g/mol. The molecule has 2 aromatic rings. The SMILES string of the molecule is CCCCC(CC)Cc1ccc(N(C)c2ccc(Br)cc2)cc1. The van der Waals surface area contributed by atoms with Gasteiger partial charge in [0.1, 0.15) is 0 Å². The first kappa shape index (κ1) is 18.1. The number of nitrogens with zero attached hydrogens (tertiary/aromatic N) is 1. The van der Waals surface area contributed by atoms with Crippen molar-refractivity contribution in [1.82, 2.24) is 0 Å². The van der Waals surface area contributed by atoms with Crippen LogP contribution in [0.2, 0.25) is 0 Å². The Morgan fingerprint density at radius 3 is 2.00 bits per heavy atom. The lowest BCUT2D eigenvalue weighted by atomic mass is 9.92. The first-order valence-corrected chi connectivity index (χ1v) is 9.51. The lowest BCUT2D eigenvalue weighted by Gasteiger charge is -2.20. The van der Waals surface area contributed by atoms with E-state index in [2.05, 4.69) is 90.3 Å². The molecular weight excluding hydrogens is 346 g/mol. The van der Waals surface area contributed by atoms with Crippen LogP contribution in [0.1, 0.15) is 45.1 Å². The third-order valence-corrected chi connectivity index (χ3v) is 5.13. The summed E-state index contributed by atoms with van der Waals surface area (Å²) in [5, 5.41) is 0. The van der Waals surface area contributed by atoms with E-state index in [0.29, 0.717) is 0 Å². The van der Waals surface area contributed by atoms with Gasteiger partial charge in [-0.3, -0.25) is 0 Å². The molecule has 0 aliphatic heterocycles. The van der Waals surface area contributed by atoms with Gasteiger partial charge < -0.3 is 4.90 Å². The summed E-state index contributed by atoms with van der Waals surface area (Å²) in [4.78, 5) is 2.23. The molecule has 0 spiro atoms. The second-order valence-electron chi connectivity index (χ2n) is 6.32. The Hall–Kier alpha value is -1.28. The fourth-order valence-electron chi connectivity index (χ4n) is 2.95. The number of rotatable bonds is 8. The maximum atomic E-state index is 3.49. The summed E-state index contributed by atoms with van der Waals surface area (Å²) in [6.45, 7) is 4.59. The second kappa shape index (κ2) is 9.12. The number of hydrogen-bond donors (Lipinski definition) is 0. The Morgan fingerprint density at radius 2 is 1.48 bits per heavy atom. The van der Waals surface area contributed by atoms with Crippen LogP contribution in [0.15, 0.2) is 53.0 Å². The molecule has 1 atom stereocenters. The van der Waals surface area contributed by atoms with E-state index in [4.69, 9.17) is 0 Å². The van der Waals surface area contributed by atoms with Gasteiger partial charge in [-0.05, 0) is 54.3 Å². The fourth-order valence-corrected chi connectivity index (χ4v) is 3.21. The molecule has 124 valence electrons. The first-order chi connectivity index (χ1) is 11.1. The van der Waals surface area contributed by atoms with E-state index < -0.39 is 0 Å². The van der Waals surface area contributed by atoms with Crippen molar-refractivity contribution in [2.75, 3.05) is 11.9 Å². The third kappa shape index (κ3) is 5.39. The van der Waals surface area contributed by atoms with E-state index in [0.717, 1.165) is 10.4 Å². The molecule has 0 bridgehead atoms. The topological polar surface area (TPSA) is 3.24 Å². The highest BCUT2D eigenvalue weighted by Crippen LogP contribution is 2.26. The predicted octanol–water partition coefficient (Wildman–Crippen LogP) is 6.98. The van der Waals surface area contributed by atoms with Crippen LogP contribution in [0.3, 0.4) is 0 Å². The van der Waals surface area contributed by atoms with Gasteiger partial charge in [0, 0.05) is 22.9 Å². The highest BCUT2D eigenvalue weighted by molar-refractivity contribution is 9.10. The molecule has 1 unspecified atom stereocenters. The highest BCUT2D eigenvalue weighted by Gasteiger charge is 2.08. The molecule has 0 heterocycles. The van der Waals surface area contributed by atoms with Crippen LogP contribution in [-0.2, 0) is 6.42 Å². The van der Waals surface area contributed by atoms with Gasteiger partial charge in [0.15, 0.2) is 0 Å². The zero-order chi connectivity index (χ0) is 16.7. The number of benzene rings is 2. The molecule has 0 N–H and O–H groups in total. The Labute approximate surface area is 149 Å². The Bertz CT molecular complexity index is 574. The lowest BCUT2D eigenvalue weighted by Crippen LogP contribution is -2.09. The second-order valence-corrected chi connectivity index (χ2v) is 7.24. The van der Waals surface area contributed by atoms with E-state index in [-0.39, 0.29) is 0 Å². The maximum absolute atomic E-state index is 3.49. The van der Waals surface area contributed by atoms with Gasteiger partial charge in [-0.15, -0.1) is 0 Å². The number of hydrogen-bond acceptors (Lipinski definition) is 1. The van der Waals surface area contributed by atoms with E-state index in [9.17, 15) is 0 Å². The molecule has 0 aliphatic rings. The molecule has 0 aromatic heterocycles. The molecular formula is C21H28BrN. The third-order valence-electron chi connectivity index (χ3n) is 4.61. The average Bonchev–Trinajstić information content (AvgIpc) is 2.59. The highest BCUT2D eigenvalue weighted by atomic mass is 79.9. The van der Waals surface area contributed by atoms with E-state index in [1.165, 1.54) is 49.0 Å². The molecule has 0 amide bonds. The molecule has 0 saturated heterocycles. The average molecular weight is 374 g/mol. The molecule has 0 radical (unpaired) electrons. The van der Waals surface area contributed by atoms with Gasteiger partial charge >= 0.3 is 0 Å². The Balaban J connectivity index is 2.02. The van der Waals surface area contributed by atoms with Crippen molar-refractivity contribution in [2.24, 2.45) is 5.92 Å². The van der Waals surface area contributed by atoms with E-state index in [1.54, 1.807) is 0 Å². The van der Waals surface area contributed by atoms with Gasteiger partial charge in [0.25, 0.3) is 0 Å². The summed E-state index contributed by atoms with van der Waals surface area (Å²) >= 11 is 3.49. The zero-order valence-corrected chi connectivity index (χ0v) is 16.1. The minimum absolute atomic E-state index is 0.824. The summed E-state index contributed by atoms with van der Waals surface area (Å²) in [6.07, 6.45) is 6.49. The zero-order valence-electron chi connectivity index (χ0n) is 14.6. The quantitative estimate of drug-likeness (QED) is 0.482. The summed E-state index contributed by atoms with van der Waals surface area (Å²) in [7, 11) is 2.12. The van der Waals surface area contributed by atoms with Gasteiger partial charge in [-0.25, -0.2) is 0 Å². The van der Waals surface area contributed by atoms with Crippen LogP contribution in [0.25, 0.3) is 0 Å². The maximum Gasteiger partial charge on any atom is 0.0408 e. The van der Waals surface area contributed by atoms with Crippen LogP contribution in [0.4, 0.5) is 11.4 Å². The summed E-state index contributed by atoms with van der Waals surface area (Å²) in [5.74, 6) is 0.824. The molecule has 23 heavy (non-hydrogen) atoms. The van der Waals surface area contributed by atoms with Crippen molar-refractivity contribution in [3.63, 3.8) is 0 Å². The summed E-state index contributed by atoms with van der Waals surface area (Å²) in [5.41, 5.74) is 3.90. The van der Waals surface area contributed by atoms with E-state index >= 15 is 0 Å². The largest absolute Gasteiger partial charge is 0.345 e. The van der Waals surface area contributed by atoms with E-state index in [1.807, 2.05) is 0 Å². The van der Waals surface area contributed by atoms with Crippen LogP contribution in [0.5, 0.6) is 0 Å². The normalized spacial score (nSPS) is 12.2. The molecule has 0 saturated carbocycles. The van der Waals surface area contributed by atoms with Crippen molar-refractivity contribution < 1.29 is 0 Å². The fraction of sp³-hybridized carbons (Fsp3) is 0.429. The van der Waals surface area contributed by atoms with Gasteiger partial charge in [-0.2, -0.15) is 0 Å². The number of halogens is 1.